The number of nitrogens with zero attached hydrogens (tertiary/aromatic N) is 3. The summed E-state index contributed by atoms with van der Waals surface area (Å²) >= 11 is 0. The van der Waals surface area contributed by atoms with Crippen molar-refractivity contribution in [2.24, 2.45) is 4.99 Å². The van der Waals surface area contributed by atoms with Gasteiger partial charge in [0.15, 0.2) is 11.7 Å². The second-order valence-corrected chi connectivity index (χ2v) is 7.11. The topological polar surface area (TPSA) is 65.7 Å². The number of aliphatic imine (C=N–C) groups is 1. The van der Waals surface area contributed by atoms with Crippen molar-refractivity contribution in [2.75, 3.05) is 32.7 Å². The molecule has 0 bridgehead atoms. The fourth-order valence-electron chi connectivity index (χ4n) is 3.47. The molecule has 2 N–H and O–H groups in total. The Hall–Kier alpha value is -1.56. The van der Waals surface area contributed by atoms with Crippen LogP contribution in [0.15, 0.2) is 15.6 Å². The fourth-order valence-corrected chi connectivity index (χ4v) is 3.47. The molecular weight excluding hydrogens is 326 g/mol. The summed E-state index contributed by atoms with van der Waals surface area (Å²) in [5, 5.41) is 10.9. The van der Waals surface area contributed by atoms with E-state index in [1.54, 1.807) is 0 Å². The smallest absolute Gasteiger partial charge is 0.191 e. The van der Waals surface area contributed by atoms with E-state index >= 15 is 0 Å². The fraction of sp³-hybridized carbons (Fsp3) is 0.800. The molecule has 1 aromatic heterocycles. The molecule has 0 spiro atoms. The number of guanidine groups is 1. The van der Waals surface area contributed by atoms with Crippen LogP contribution in [0.4, 0.5) is 0 Å². The summed E-state index contributed by atoms with van der Waals surface area (Å²) in [4.78, 5) is 7.20. The van der Waals surface area contributed by atoms with Gasteiger partial charge in [0.2, 0.25) is 0 Å². The van der Waals surface area contributed by atoms with Crippen LogP contribution >= 0.6 is 0 Å². The van der Waals surface area contributed by atoms with Crippen LogP contribution < -0.4 is 10.6 Å². The predicted molar refractivity (Wildman–Crippen MR) is 108 cm³/mol. The minimum Gasteiger partial charge on any atom is -0.359 e. The molecule has 6 heteroatoms. The number of nitrogens with one attached hydrogen (secondary N) is 2. The summed E-state index contributed by atoms with van der Waals surface area (Å²) in [5.74, 6) is 2.17. The number of rotatable bonds is 11. The van der Waals surface area contributed by atoms with E-state index in [9.17, 15) is 0 Å². The van der Waals surface area contributed by atoms with Crippen molar-refractivity contribution in [1.29, 1.82) is 0 Å². The van der Waals surface area contributed by atoms with Crippen LogP contribution in [-0.2, 0) is 6.54 Å². The van der Waals surface area contributed by atoms with E-state index < -0.39 is 0 Å². The molecular formula is C20H37N5O. The molecule has 26 heavy (non-hydrogen) atoms. The van der Waals surface area contributed by atoms with Gasteiger partial charge in [0.05, 0.1) is 5.69 Å². The average molecular weight is 364 g/mol. The number of hydrogen-bond donors (Lipinski definition) is 2. The Balaban J connectivity index is 1.73. The van der Waals surface area contributed by atoms with E-state index in [0.717, 1.165) is 43.3 Å². The average Bonchev–Trinajstić information content (AvgIpc) is 3.32. The number of unbranched alkanes of at least 4 members (excludes halogenated alkanes) is 1. The largest absolute Gasteiger partial charge is 0.359 e. The van der Waals surface area contributed by atoms with E-state index in [-0.39, 0.29) is 0 Å². The maximum atomic E-state index is 5.46. The van der Waals surface area contributed by atoms with Gasteiger partial charge in [-0.25, -0.2) is 4.99 Å². The standard InChI is InChI=1S/C20H37N5O/c1-4-17(5-2)19-15-18(26-24-19)16-23-20(21-6-3)22-11-7-8-12-25-13-9-10-14-25/h15,17H,4-14,16H2,1-3H3,(H2,21,22,23). The van der Waals surface area contributed by atoms with Crippen LogP contribution in [0.2, 0.25) is 0 Å². The van der Waals surface area contributed by atoms with E-state index in [0.29, 0.717) is 12.5 Å². The normalized spacial score (nSPS) is 15.8. The summed E-state index contributed by atoms with van der Waals surface area (Å²) in [6.07, 6.45) is 7.34. The zero-order valence-electron chi connectivity index (χ0n) is 16.9. The van der Waals surface area contributed by atoms with Crippen LogP contribution in [-0.4, -0.2) is 48.7 Å². The molecule has 0 aromatic carbocycles. The maximum Gasteiger partial charge on any atom is 0.191 e. The van der Waals surface area contributed by atoms with Gasteiger partial charge >= 0.3 is 0 Å². The molecule has 0 atom stereocenters. The number of likely N-dealkylation sites (tertiary alicyclic amines) is 1. The second kappa shape index (κ2) is 11.9. The van der Waals surface area contributed by atoms with Gasteiger partial charge in [-0.3, -0.25) is 0 Å². The lowest BCUT2D eigenvalue weighted by atomic mass is 9.99. The highest BCUT2D eigenvalue weighted by Crippen LogP contribution is 2.22. The van der Waals surface area contributed by atoms with Crippen molar-refractivity contribution in [1.82, 2.24) is 20.7 Å². The summed E-state index contributed by atoms with van der Waals surface area (Å²) in [5.41, 5.74) is 1.06. The summed E-state index contributed by atoms with van der Waals surface area (Å²) < 4.78 is 5.46. The minimum absolute atomic E-state index is 0.485. The maximum absolute atomic E-state index is 5.46. The zero-order chi connectivity index (χ0) is 18.6. The molecule has 0 saturated carbocycles. The molecule has 1 saturated heterocycles. The van der Waals surface area contributed by atoms with Crippen molar-refractivity contribution < 1.29 is 4.52 Å². The second-order valence-electron chi connectivity index (χ2n) is 7.11. The van der Waals surface area contributed by atoms with Gasteiger partial charge in [-0.15, -0.1) is 0 Å². The van der Waals surface area contributed by atoms with E-state index in [4.69, 9.17) is 4.52 Å². The van der Waals surface area contributed by atoms with Crippen LogP contribution in [0, 0.1) is 0 Å². The molecule has 0 unspecified atom stereocenters. The van der Waals surface area contributed by atoms with Gasteiger partial charge < -0.3 is 20.1 Å². The third-order valence-corrected chi connectivity index (χ3v) is 5.11. The summed E-state index contributed by atoms with van der Waals surface area (Å²) in [7, 11) is 0. The van der Waals surface area contributed by atoms with Crippen LogP contribution in [0.3, 0.4) is 0 Å². The zero-order valence-corrected chi connectivity index (χ0v) is 16.9. The quantitative estimate of drug-likeness (QED) is 0.358. The van der Waals surface area contributed by atoms with Gasteiger partial charge in [0.25, 0.3) is 0 Å². The first kappa shape index (κ1) is 20.7. The molecule has 0 radical (unpaired) electrons. The van der Waals surface area contributed by atoms with Crippen molar-refractivity contribution in [3.63, 3.8) is 0 Å². The Morgan fingerprint density at radius 2 is 1.96 bits per heavy atom. The number of aromatic nitrogens is 1. The highest BCUT2D eigenvalue weighted by molar-refractivity contribution is 5.79. The Bertz CT molecular complexity index is 518. The van der Waals surface area contributed by atoms with Crippen LogP contribution in [0.5, 0.6) is 0 Å². The van der Waals surface area contributed by atoms with Crippen molar-refractivity contribution >= 4 is 5.96 Å². The molecule has 148 valence electrons. The highest BCUT2D eigenvalue weighted by atomic mass is 16.5. The van der Waals surface area contributed by atoms with Gasteiger partial charge in [-0.05, 0) is 65.1 Å². The van der Waals surface area contributed by atoms with Gasteiger partial charge in [0.1, 0.15) is 6.54 Å². The van der Waals surface area contributed by atoms with Gasteiger partial charge in [0, 0.05) is 25.1 Å². The Morgan fingerprint density at radius 3 is 2.65 bits per heavy atom. The van der Waals surface area contributed by atoms with Crippen LogP contribution in [0.1, 0.15) is 76.7 Å². The number of hydrogen-bond acceptors (Lipinski definition) is 4. The Morgan fingerprint density at radius 1 is 1.19 bits per heavy atom. The lowest BCUT2D eigenvalue weighted by Crippen LogP contribution is -2.38. The summed E-state index contributed by atoms with van der Waals surface area (Å²) in [6.45, 7) is 12.6. The predicted octanol–water partition coefficient (Wildman–Crippen LogP) is 3.51. The molecule has 1 aromatic rings. The SMILES string of the molecule is CCNC(=NCc1cc(C(CC)CC)no1)NCCCCN1CCCC1. The molecule has 2 heterocycles. The van der Waals surface area contributed by atoms with Crippen molar-refractivity contribution in [3.8, 4) is 0 Å². The lowest BCUT2D eigenvalue weighted by Gasteiger charge is -2.15. The van der Waals surface area contributed by atoms with E-state index in [1.807, 2.05) is 0 Å². The molecule has 2 rings (SSSR count). The molecule has 0 amide bonds. The van der Waals surface area contributed by atoms with E-state index in [1.165, 1.54) is 45.3 Å². The molecule has 1 aliphatic heterocycles. The van der Waals surface area contributed by atoms with E-state index in [2.05, 4.69) is 52.5 Å². The molecule has 6 nitrogen and oxygen atoms in total. The third kappa shape index (κ3) is 6.98. The molecule has 1 fully saturated rings. The molecule has 0 aliphatic carbocycles. The minimum atomic E-state index is 0.485. The molecule has 1 aliphatic rings. The third-order valence-electron chi connectivity index (χ3n) is 5.11. The van der Waals surface area contributed by atoms with Crippen LogP contribution in [0.25, 0.3) is 0 Å². The van der Waals surface area contributed by atoms with Gasteiger partial charge in [-0.2, -0.15) is 0 Å². The monoisotopic (exact) mass is 363 g/mol. The first-order valence-electron chi connectivity index (χ1n) is 10.5. The van der Waals surface area contributed by atoms with Crippen molar-refractivity contribution in [2.45, 2.75) is 71.8 Å². The first-order chi connectivity index (χ1) is 12.8. The first-order valence-corrected chi connectivity index (χ1v) is 10.5. The van der Waals surface area contributed by atoms with Crippen molar-refractivity contribution in [3.05, 3.63) is 17.5 Å². The summed E-state index contributed by atoms with van der Waals surface area (Å²) in [6, 6.07) is 2.06. The Labute approximate surface area is 158 Å². The Kier molecular flexibility index (Phi) is 9.53. The lowest BCUT2D eigenvalue weighted by molar-refractivity contribution is 0.330. The highest BCUT2D eigenvalue weighted by Gasteiger charge is 2.13. The van der Waals surface area contributed by atoms with Gasteiger partial charge in [-0.1, -0.05) is 19.0 Å².